The molecule has 0 N–H and O–H groups in total. The summed E-state index contributed by atoms with van der Waals surface area (Å²) in [4.78, 5) is 24.8. The Labute approximate surface area is 237 Å². The van der Waals surface area contributed by atoms with Crippen LogP contribution in [0.5, 0.6) is 23.0 Å². The van der Waals surface area contributed by atoms with E-state index >= 15 is 0 Å². The fraction of sp³-hybridized carbons (Fsp3) is 0.412. The number of unbranched alkanes of at least 4 members (excludes halogenated alkanes) is 6. The first-order valence-corrected chi connectivity index (χ1v) is 14.3. The van der Waals surface area contributed by atoms with Crippen LogP contribution in [-0.4, -0.2) is 27.4 Å². The molecule has 0 aromatic heterocycles. The summed E-state index contributed by atoms with van der Waals surface area (Å²) in [6.45, 7) is 5.50. The van der Waals surface area contributed by atoms with E-state index < -0.39 is 0 Å². The molecule has 0 aliphatic carbocycles. The van der Waals surface area contributed by atoms with Crippen molar-refractivity contribution < 1.29 is 18.9 Å². The van der Waals surface area contributed by atoms with E-state index in [-0.39, 0.29) is 22.4 Å². The monoisotopic (exact) mass is 546 g/mol. The number of hydrogen-bond acceptors (Lipinski definition) is 6. The quantitative estimate of drug-likeness (QED) is 0.172. The summed E-state index contributed by atoms with van der Waals surface area (Å²) in [5.74, 6) is 1.92. The molecule has 3 aromatic rings. The van der Waals surface area contributed by atoms with E-state index in [9.17, 15) is 9.59 Å². The predicted octanol–water partition coefficient (Wildman–Crippen LogP) is 7.68. The first-order chi connectivity index (χ1) is 19.5. The summed E-state index contributed by atoms with van der Waals surface area (Å²) in [5.41, 5.74) is 2.88. The smallest absolute Gasteiger partial charge is 0.220 e. The van der Waals surface area contributed by atoms with Crippen molar-refractivity contribution in [2.24, 2.45) is 0 Å². The Kier molecular flexibility index (Phi) is 12.6. The Morgan fingerprint density at radius 3 is 1.27 bits per heavy atom. The first kappa shape index (κ1) is 30.7. The van der Waals surface area contributed by atoms with E-state index in [0.717, 1.165) is 73.6 Å². The van der Waals surface area contributed by atoms with E-state index in [1.165, 1.54) is 26.4 Å². The summed E-state index contributed by atoms with van der Waals surface area (Å²) in [5, 5.41) is 0. The maximum atomic E-state index is 12.4. The van der Waals surface area contributed by atoms with Crippen molar-refractivity contribution in [1.82, 2.24) is 0 Å². The molecule has 0 bridgehead atoms. The van der Waals surface area contributed by atoms with Gasteiger partial charge in [-0.15, -0.1) is 0 Å². The Bertz CT molecular complexity index is 1250. The van der Waals surface area contributed by atoms with Gasteiger partial charge in [-0.2, -0.15) is 0 Å². The second-order valence-corrected chi connectivity index (χ2v) is 9.77. The molecule has 0 saturated carbocycles. The highest BCUT2D eigenvalue weighted by Gasteiger charge is 2.16. The molecule has 40 heavy (non-hydrogen) atoms. The minimum absolute atomic E-state index is 0.195. The highest BCUT2D eigenvalue weighted by Crippen LogP contribution is 2.41. The molecular weight excluding hydrogens is 504 g/mol. The number of ether oxygens (including phenoxy) is 4. The minimum Gasteiger partial charge on any atom is -0.493 e. The lowest BCUT2D eigenvalue weighted by atomic mass is 9.99. The zero-order chi connectivity index (χ0) is 28.7. The highest BCUT2D eigenvalue weighted by atomic mass is 16.5. The third-order valence-corrected chi connectivity index (χ3v) is 6.80. The van der Waals surface area contributed by atoms with Gasteiger partial charge in [0.25, 0.3) is 0 Å². The van der Waals surface area contributed by atoms with Gasteiger partial charge in [0.2, 0.25) is 10.9 Å². The van der Waals surface area contributed by atoms with Crippen molar-refractivity contribution in [3.05, 3.63) is 81.1 Å². The van der Waals surface area contributed by atoms with Crippen molar-refractivity contribution in [3.63, 3.8) is 0 Å². The van der Waals surface area contributed by atoms with Crippen LogP contribution in [-0.2, 0) is 0 Å². The van der Waals surface area contributed by atoms with Gasteiger partial charge in [0, 0.05) is 11.1 Å². The number of hydrogen-bond donors (Lipinski definition) is 0. The SMILES string of the molecule is CCCCCCOc1cc(-c2ccc(OC)c(=O)cc2)c(OCCCCCC)cc1-c1ccc(OC)c(=O)cc1. The summed E-state index contributed by atoms with van der Waals surface area (Å²) < 4.78 is 23.2. The summed E-state index contributed by atoms with van der Waals surface area (Å²) >= 11 is 0. The molecule has 6 nitrogen and oxygen atoms in total. The zero-order valence-electron chi connectivity index (χ0n) is 24.3. The third-order valence-electron chi connectivity index (χ3n) is 6.80. The van der Waals surface area contributed by atoms with Gasteiger partial charge in [0.15, 0.2) is 11.5 Å². The van der Waals surface area contributed by atoms with Crippen molar-refractivity contribution in [2.75, 3.05) is 27.4 Å². The van der Waals surface area contributed by atoms with Crippen molar-refractivity contribution >= 4 is 0 Å². The molecule has 0 aliphatic rings. The molecule has 0 radical (unpaired) electrons. The molecule has 0 heterocycles. The molecule has 6 heteroatoms. The summed E-state index contributed by atoms with van der Waals surface area (Å²) in [6, 6.07) is 17.6. The third kappa shape index (κ3) is 8.60. The summed E-state index contributed by atoms with van der Waals surface area (Å²) in [6.07, 6.45) is 8.68. The van der Waals surface area contributed by atoms with Gasteiger partial charge in [0.05, 0.1) is 27.4 Å². The van der Waals surface area contributed by atoms with E-state index in [0.29, 0.717) is 24.7 Å². The normalized spacial score (nSPS) is 10.7. The van der Waals surface area contributed by atoms with Crippen molar-refractivity contribution in [2.45, 2.75) is 65.2 Å². The van der Waals surface area contributed by atoms with Gasteiger partial charge in [-0.25, -0.2) is 0 Å². The molecule has 0 aliphatic heterocycles. The topological polar surface area (TPSA) is 71.1 Å². The molecule has 3 aromatic carbocycles. The van der Waals surface area contributed by atoms with Crippen LogP contribution in [0.15, 0.2) is 70.3 Å². The fourth-order valence-corrected chi connectivity index (χ4v) is 4.47. The lowest BCUT2D eigenvalue weighted by molar-refractivity contribution is 0.299. The van der Waals surface area contributed by atoms with Gasteiger partial charge < -0.3 is 18.9 Å². The highest BCUT2D eigenvalue weighted by molar-refractivity contribution is 5.81. The Morgan fingerprint density at radius 1 is 0.500 bits per heavy atom. The fourth-order valence-electron chi connectivity index (χ4n) is 4.47. The van der Waals surface area contributed by atoms with Crippen LogP contribution in [0.4, 0.5) is 0 Å². The second kappa shape index (κ2) is 16.3. The van der Waals surface area contributed by atoms with Crippen molar-refractivity contribution in [1.29, 1.82) is 0 Å². The van der Waals surface area contributed by atoms with Crippen LogP contribution in [0.3, 0.4) is 0 Å². The average molecular weight is 547 g/mol. The van der Waals surface area contributed by atoms with E-state index in [1.807, 2.05) is 24.3 Å². The second-order valence-electron chi connectivity index (χ2n) is 9.77. The van der Waals surface area contributed by atoms with Gasteiger partial charge >= 0.3 is 0 Å². The van der Waals surface area contributed by atoms with Crippen LogP contribution >= 0.6 is 0 Å². The zero-order valence-corrected chi connectivity index (χ0v) is 24.3. The molecule has 0 atom stereocenters. The van der Waals surface area contributed by atoms with E-state index in [2.05, 4.69) is 13.8 Å². The molecule has 0 amide bonds. The van der Waals surface area contributed by atoms with Crippen LogP contribution in [0.1, 0.15) is 65.2 Å². The Balaban J connectivity index is 2.15. The maximum Gasteiger partial charge on any atom is 0.220 e. The lowest BCUT2D eigenvalue weighted by Gasteiger charge is -2.18. The maximum absolute atomic E-state index is 12.4. The van der Waals surface area contributed by atoms with E-state index in [1.54, 1.807) is 24.3 Å². The largest absolute Gasteiger partial charge is 0.493 e. The predicted molar refractivity (Wildman–Crippen MR) is 162 cm³/mol. The standard InChI is InChI=1S/C34H42O6/c1-5-7-9-11-21-39-33-23-28(26-14-18-30(36)32(38-4)20-16-26)34(40-22-12-10-8-6-2)24-27(33)25-13-17-29(35)31(37-3)19-15-25/h13-20,23-24H,5-12,21-22H2,1-4H3. The minimum atomic E-state index is -0.195. The number of methoxy groups -OCH3 is 2. The molecule has 0 saturated heterocycles. The van der Waals surface area contributed by atoms with Gasteiger partial charge in [0.1, 0.15) is 11.5 Å². The van der Waals surface area contributed by atoms with Gasteiger partial charge in [-0.05, 0) is 60.4 Å². The molecule has 0 unspecified atom stereocenters. The van der Waals surface area contributed by atoms with E-state index in [4.69, 9.17) is 18.9 Å². The number of rotatable bonds is 16. The van der Waals surface area contributed by atoms with Crippen LogP contribution in [0, 0.1) is 0 Å². The number of benzene rings is 1. The molecule has 214 valence electrons. The average Bonchev–Trinajstić information content (AvgIpc) is 3.27. The Morgan fingerprint density at radius 2 is 0.900 bits per heavy atom. The summed E-state index contributed by atoms with van der Waals surface area (Å²) in [7, 11) is 2.98. The van der Waals surface area contributed by atoms with Gasteiger partial charge in [-0.1, -0.05) is 76.6 Å². The van der Waals surface area contributed by atoms with Crippen molar-refractivity contribution in [3.8, 4) is 45.3 Å². The Hall–Kier alpha value is -3.80. The molecule has 0 spiro atoms. The van der Waals surface area contributed by atoms with Gasteiger partial charge in [-0.3, -0.25) is 9.59 Å². The van der Waals surface area contributed by atoms with Crippen LogP contribution in [0.25, 0.3) is 22.3 Å². The first-order valence-electron chi connectivity index (χ1n) is 14.3. The molecule has 0 fully saturated rings. The van der Waals surface area contributed by atoms with Crippen LogP contribution in [0.2, 0.25) is 0 Å². The molecular formula is C34H42O6. The lowest BCUT2D eigenvalue weighted by Crippen LogP contribution is -2.03. The van der Waals surface area contributed by atoms with Crippen LogP contribution < -0.4 is 29.8 Å². The molecule has 3 rings (SSSR count).